The van der Waals surface area contributed by atoms with E-state index in [4.69, 9.17) is 0 Å². The number of hydrogen-bond donors (Lipinski definition) is 1. The Labute approximate surface area is 75.4 Å². The van der Waals surface area contributed by atoms with Gasteiger partial charge in [0.15, 0.2) is 0 Å². The lowest BCUT2D eigenvalue weighted by molar-refractivity contribution is 0.542. The van der Waals surface area contributed by atoms with Gasteiger partial charge in [-0.25, -0.2) is 0 Å². The molecule has 0 spiro atoms. The first-order valence-electron chi connectivity index (χ1n) is 2.80. The zero-order valence-electron chi connectivity index (χ0n) is 5.41. The average molecular weight is 235 g/mol. The van der Waals surface area contributed by atoms with Crippen molar-refractivity contribution in [2.75, 3.05) is 4.72 Å². The van der Waals surface area contributed by atoms with Gasteiger partial charge in [-0.3, -0.25) is 4.21 Å². The molecule has 1 rings (SSSR count). The maximum absolute atomic E-state index is 10.1. The molecule has 0 bridgehead atoms. The molecule has 0 heterocycles. The van der Waals surface area contributed by atoms with Crippen molar-refractivity contribution in [2.45, 2.75) is 0 Å². The zero-order valence-corrected chi connectivity index (χ0v) is 7.81. The Hall–Kier alpha value is -0.390. The summed E-state index contributed by atoms with van der Waals surface area (Å²) in [7, 11) is 0. The van der Waals surface area contributed by atoms with Gasteiger partial charge in [0, 0.05) is 21.4 Å². The van der Waals surface area contributed by atoms with Crippen molar-refractivity contribution in [3.8, 4) is 0 Å². The van der Waals surface area contributed by atoms with E-state index in [0.717, 1.165) is 4.47 Å². The number of rotatable bonds is 2. The standard InChI is InChI=1S/C6H6BrNO2S/c7-5-1-3-6(4-2-5)8-11(9)10/h1-4,8H,(H,9,10)/p-1. The number of hydrogen-bond acceptors (Lipinski definition) is 2. The molecule has 0 saturated heterocycles. The van der Waals surface area contributed by atoms with Crippen LogP contribution in [0.5, 0.6) is 0 Å². The molecule has 1 unspecified atom stereocenters. The van der Waals surface area contributed by atoms with E-state index in [1.165, 1.54) is 0 Å². The number of benzene rings is 1. The monoisotopic (exact) mass is 234 g/mol. The van der Waals surface area contributed by atoms with Crippen LogP contribution < -0.4 is 4.72 Å². The maximum Gasteiger partial charge on any atom is 0.0453 e. The first-order valence-corrected chi connectivity index (χ1v) is 4.67. The fraction of sp³-hybridized carbons (Fsp3) is 0. The van der Waals surface area contributed by atoms with Crippen LogP contribution in [0.1, 0.15) is 0 Å². The summed E-state index contributed by atoms with van der Waals surface area (Å²) in [6, 6.07) is 6.85. The van der Waals surface area contributed by atoms with E-state index in [1.54, 1.807) is 24.3 Å². The molecule has 0 radical (unpaired) electrons. The lowest BCUT2D eigenvalue weighted by Crippen LogP contribution is -2.01. The van der Waals surface area contributed by atoms with Crippen molar-refractivity contribution >= 4 is 32.9 Å². The Morgan fingerprint density at radius 2 is 1.91 bits per heavy atom. The van der Waals surface area contributed by atoms with E-state index in [-0.39, 0.29) is 0 Å². The van der Waals surface area contributed by atoms with Gasteiger partial charge < -0.3 is 9.27 Å². The van der Waals surface area contributed by atoms with Gasteiger partial charge in [0.2, 0.25) is 0 Å². The van der Waals surface area contributed by atoms with Gasteiger partial charge in [-0.2, -0.15) is 0 Å². The van der Waals surface area contributed by atoms with E-state index >= 15 is 0 Å². The lowest BCUT2D eigenvalue weighted by Gasteiger charge is -2.07. The highest BCUT2D eigenvalue weighted by molar-refractivity contribution is 9.10. The highest BCUT2D eigenvalue weighted by Crippen LogP contribution is 2.13. The van der Waals surface area contributed by atoms with Crippen molar-refractivity contribution < 1.29 is 8.76 Å². The number of halogens is 1. The summed E-state index contributed by atoms with van der Waals surface area (Å²) in [6.07, 6.45) is 0. The smallest absolute Gasteiger partial charge is 0.0453 e. The van der Waals surface area contributed by atoms with Gasteiger partial charge in [-0.05, 0) is 24.3 Å². The summed E-state index contributed by atoms with van der Waals surface area (Å²) in [6.45, 7) is 0. The summed E-state index contributed by atoms with van der Waals surface area (Å²) in [5, 5.41) is 0. The molecular weight excluding hydrogens is 230 g/mol. The average Bonchev–Trinajstić information content (AvgIpc) is 1.93. The third kappa shape index (κ3) is 3.00. The molecule has 60 valence electrons. The number of nitrogens with one attached hydrogen (secondary N) is 1. The molecule has 0 aliphatic rings. The summed E-state index contributed by atoms with van der Waals surface area (Å²) in [4.78, 5) is 0. The first-order chi connectivity index (χ1) is 5.18. The van der Waals surface area contributed by atoms with E-state index in [2.05, 4.69) is 20.7 Å². The largest absolute Gasteiger partial charge is 0.755 e. The maximum atomic E-state index is 10.1. The minimum absolute atomic E-state index is 0.557. The second-order valence-electron chi connectivity index (χ2n) is 1.84. The molecule has 11 heavy (non-hydrogen) atoms. The molecule has 1 N–H and O–H groups in total. The van der Waals surface area contributed by atoms with Crippen LogP contribution in [0.4, 0.5) is 5.69 Å². The highest BCUT2D eigenvalue weighted by Gasteiger charge is 1.89. The summed E-state index contributed by atoms with van der Waals surface area (Å²) in [5.74, 6) is 0. The van der Waals surface area contributed by atoms with E-state index < -0.39 is 11.3 Å². The fourth-order valence-electron chi connectivity index (χ4n) is 0.614. The quantitative estimate of drug-likeness (QED) is 0.792. The Balaban J connectivity index is 2.74. The van der Waals surface area contributed by atoms with Crippen LogP contribution in [0.15, 0.2) is 28.7 Å². The van der Waals surface area contributed by atoms with Crippen LogP contribution in [0.25, 0.3) is 0 Å². The van der Waals surface area contributed by atoms with E-state index in [9.17, 15) is 8.76 Å². The number of anilines is 1. The van der Waals surface area contributed by atoms with Crippen LogP contribution in [0.3, 0.4) is 0 Å². The van der Waals surface area contributed by atoms with Gasteiger partial charge in [-0.15, -0.1) is 0 Å². The normalized spacial score (nSPS) is 12.5. The second kappa shape index (κ2) is 3.85. The van der Waals surface area contributed by atoms with Crippen LogP contribution in [0, 0.1) is 0 Å². The van der Waals surface area contributed by atoms with Gasteiger partial charge in [0.1, 0.15) is 0 Å². The molecule has 0 amide bonds. The molecule has 0 aliphatic heterocycles. The molecule has 1 atom stereocenters. The summed E-state index contributed by atoms with van der Waals surface area (Å²) < 4.78 is 23.4. The third-order valence-electron chi connectivity index (χ3n) is 1.05. The van der Waals surface area contributed by atoms with E-state index in [0.29, 0.717) is 5.69 Å². The molecule has 3 nitrogen and oxygen atoms in total. The summed E-state index contributed by atoms with van der Waals surface area (Å²) in [5.41, 5.74) is 0.557. The lowest BCUT2D eigenvalue weighted by atomic mass is 10.3. The van der Waals surface area contributed by atoms with Crippen molar-refractivity contribution in [3.05, 3.63) is 28.7 Å². The minimum atomic E-state index is -2.24. The molecule has 0 aromatic heterocycles. The van der Waals surface area contributed by atoms with Crippen molar-refractivity contribution in [1.29, 1.82) is 0 Å². The van der Waals surface area contributed by atoms with Gasteiger partial charge in [-0.1, -0.05) is 15.9 Å². The van der Waals surface area contributed by atoms with Gasteiger partial charge in [0.05, 0.1) is 0 Å². The summed E-state index contributed by atoms with van der Waals surface area (Å²) >= 11 is 0.991. The molecular formula is C6H5BrNO2S-. The van der Waals surface area contributed by atoms with Crippen molar-refractivity contribution in [3.63, 3.8) is 0 Å². The van der Waals surface area contributed by atoms with Crippen LogP contribution in [-0.4, -0.2) is 8.76 Å². The highest BCUT2D eigenvalue weighted by atomic mass is 79.9. The molecule has 0 aliphatic carbocycles. The Kier molecular flexibility index (Phi) is 3.04. The van der Waals surface area contributed by atoms with E-state index in [1.807, 2.05) is 0 Å². The van der Waals surface area contributed by atoms with Crippen molar-refractivity contribution in [2.24, 2.45) is 0 Å². The molecule has 5 heteroatoms. The van der Waals surface area contributed by atoms with Gasteiger partial charge in [0.25, 0.3) is 0 Å². The first kappa shape index (κ1) is 8.70. The van der Waals surface area contributed by atoms with Crippen LogP contribution in [-0.2, 0) is 11.3 Å². The van der Waals surface area contributed by atoms with Crippen molar-refractivity contribution in [1.82, 2.24) is 0 Å². The molecule has 0 saturated carbocycles. The van der Waals surface area contributed by atoms with Gasteiger partial charge >= 0.3 is 0 Å². The van der Waals surface area contributed by atoms with Crippen LogP contribution in [0.2, 0.25) is 0 Å². The predicted octanol–water partition coefficient (Wildman–Crippen LogP) is 1.66. The Morgan fingerprint density at radius 1 is 1.36 bits per heavy atom. The minimum Gasteiger partial charge on any atom is -0.755 e. The topological polar surface area (TPSA) is 52.2 Å². The zero-order chi connectivity index (χ0) is 8.27. The van der Waals surface area contributed by atoms with Crippen LogP contribution >= 0.6 is 15.9 Å². The molecule has 1 aromatic rings. The molecule has 0 fully saturated rings. The predicted molar refractivity (Wildman–Crippen MR) is 46.7 cm³/mol. The Morgan fingerprint density at radius 3 is 2.36 bits per heavy atom. The Bertz CT molecular complexity index is 262. The second-order valence-corrected chi connectivity index (χ2v) is 3.43. The molecule has 1 aromatic carbocycles. The third-order valence-corrected chi connectivity index (χ3v) is 1.98. The SMILES string of the molecule is O=S([O-])Nc1ccc(Br)cc1. The fourth-order valence-corrected chi connectivity index (χ4v) is 1.21.